The normalized spacial score (nSPS) is 23.3. The van der Waals surface area contributed by atoms with Crippen molar-refractivity contribution in [1.29, 1.82) is 0 Å². The molecule has 1 N–H and O–H groups in total. The molecule has 0 heterocycles. The molecule has 1 saturated carbocycles. The summed E-state index contributed by atoms with van der Waals surface area (Å²) in [6.45, 7) is 5.20. The van der Waals surface area contributed by atoms with E-state index < -0.39 is 35.5 Å². The standard InChI is InChI=1S/C19H23F3N2O3/c1-18(2,3)27-17(26)24-15-8-7-13(10-16(15)23-11-25)12-5-4-6-14(9-12)19(20,21)22/h4-6,9,13,15-16H,7-8,10H2,1-3H3,(H,24,26)/t13-,15-,16-/m0/s1. The Kier molecular flexibility index (Phi) is 6.31. The Bertz CT molecular complexity index is 722. The average molecular weight is 384 g/mol. The van der Waals surface area contributed by atoms with E-state index >= 15 is 0 Å². The van der Waals surface area contributed by atoms with E-state index in [9.17, 15) is 22.8 Å². The lowest BCUT2D eigenvalue weighted by atomic mass is 9.78. The second-order valence-electron chi connectivity index (χ2n) is 7.67. The zero-order valence-electron chi connectivity index (χ0n) is 15.5. The number of halogens is 3. The number of nitrogens with one attached hydrogen (secondary N) is 1. The van der Waals surface area contributed by atoms with Gasteiger partial charge in [-0.15, -0.1) is 0 Å². The lowest BCUT2D eigenvalue weighted by Gasteiger charge is -2.34. The van der Waals surface area contributed by atoms with Crippen molar-refractivity contribution in [3.05, 3.63) is 35.4 Å². The molecule has 0 spiro atoms. The fourth-order valence-electron chi connectivity index (χ4n) is 3.26. The number of aliphatic imine (C=N–C) groups is 1. The molecule has 8 heteroatoms. The van der Waals surface area contributed by atoms with Gasteiger partial charge in [-0.3, -0.25) is 0 Å². The SMILES string of the molecule is CC(C)(C)OC(=O)N[C@H]1CC[C@H](c2cccc(C(F)(F)F)c2)C[C@@H]1N=C=O. The Morgan fingerprint density at radius 1 is 1.26 bits per heavy atom. The zero-order chi connectivity index (χ0) is 20.2. The number of isocyanates is 1. The molecule has 0 bridgehead atoms. The minimum absolute atomic E-state index is 0.189. The fourth-order valence-corrected chi connectivity index (χ4v) is 3.26. The van der Waals surface area contributed by atoms with E-state index in [0.29, 0.717) is 24.8 Å². The molecule has 5 nitrogen and oxygen atoms in total. The minimum Gasteiger partial charge on any atom is -0.444 e. The first-order valence-corrected chi connectivity index (χ1v) is 8.73. The third-order valence-corrected chi connectivity index (χ3v) is 4.42. The van der Waals surface area contributed by atoms with Gasteiger partial charge in [-0.1, -0.05) is 18.2 Å². The van der Waals surface area contributed by atoms with E-state index in [0.717, 1.165) is 12.1 Å². The summed E-state index contributed by atoms with van der Waals surface area (Å²) in [5.74, 6) is -0.189. The highest BCUT2D eigenvalue weighted by molar-refractivity contribution is 5.68. The highest BCUT2D eigenvalue weighted by Gasteiger charge is 2.35. The number of benzene rings is 1. The van der Waals surface area contributed by atoms with Crippen molar-refractivity contribution < 1.29 is 27.5 Å². The number of carbonyl (C=O) groups is 1. The molecule has 1 aliphatic carbocycles. The monoisotopic (exact) mass is 384 g/mol. The van der Waals surface area contributed by atoms with Crippen molar-refractivity contribution >= 4 is 12.2 Å². The molecular weight excluding hydrogens is 361 g/mol. The van der Waals surface area contributed by atoms with Gasteiger partial charge in [0.15, 0.2) is 0 Å². The van der Waals surface area contributed by atoms with Gasteiger partial charge >= 0.3 is 12.3 Å². The average Bonchev–Trinajstić information content (AvgIpc) is 2.54. The predicted octanol–water partition coefficient (Wildman–Crippen LogP) is 4.57. The van der Waals surface area contributed by atoms with Gasteiger partial charge in [0.25, 0.3) is 0 Å². The summed E-state index contributed by atoms with van der Waals surface area (Å²) in [5, 5.41) is 2.70. The van der Waals surface area contributed by atoms with Gasteiger partial charge in [0, 0.05) is 0 Å². The third-order valence-electron chi connectivity index (χ3n) is 4.42. The van der Waals surface area contributed by atoms with Crippen LogP contribution >= 0.6 is 0 Å². The molecule has 0 aliphatic heterocycles. The number of carbonyl (C=O) groups excluding carboxylic acids is 2. The number of amides is 1. The Morgan fingerprint density at radius 2 is 1.96 bits per heavy atom. The summed E-state index contributed by atoms with van der Waals surface area (Å²) in [7, 11) is 0. The summed E-state index contributed by atoms with van der Waals surface area (Å²) in [5.41, 5.74) is -0.820. The van der Waals surface area contributed by atoms with Crippen LogP contribution in [0.3, 0.4) is 0 Å². The maximum atomic E-state index is 12.9. The number of hydrogen-bond acceptors (Lipinski definition) is 4. The number of alkyl carbamates (subject to hydrolysis) is 1. The summed E-state index contributed by atoms with van der Waals surface area (Å²) < 4.78 is 44.0. The van der Waals surface area contributed by atoms with Crippen molar-refractivity contribution in [2.24, 2.45) is 4.99 Å². The number of nitrogens with zero attached hydrogens (tertiary/aromatic N) is 1. The van der Waals surface area contributed by atoms with E-state index in [2.05, 4.69) is 10.3 Å². The number of ether oxygens (including phenoxy) is 1. The van der Waals surface area contributed by atoms with Crippen LogP contribution in [0.5, 0.6) is 0 Å². The van der Waals surface area contributed by atoms with Gasteiger partial charge in [0.05, 0.1) is 17.6 Å². The molecule has 0 radical (unpaired) electrons. The van der Waals surface area contributed by atoms with Crippen LogP contribution in [0.1, 0.15) is 57.1 Å². The Labute approximate surface area is 156 Å². The van der Waals surface area contributed by atoms with E-state index in [1.54, 1.807) is 26.8 Å². The van der Waals surface area contributed by atoms with E-state index in [1.165, 1.54) is 12.1 Å². The quantitative estimate of drug-likeness (QED) is 0.613. The second kappa shape index (κ2) is 8.13. The zero-order valence-corrected chi connectivity index (χ0v) is 15.5. The Morgan fingerprint density at radius 3 is 2.56 bits per heavy atom. The molecule has 1 fully saturated rings. The predicted molar refractivity (Wildman–Crippen MR) is 93.1 cm³/mol. The molecule has 1 aromatic rings. The Hall–Kier alpha value is -2.34. The van der Waals surface area contributed by atoms with Crippen LogP contribution < -0.4 is 5.32 Å². The number of rotatable bonds is 3. The van der Waals surface area contributed by atoms with Crippen LogP contribution in [0.4, 0.5) is 18.0 Å². The minimum atomic E-state index is -4.41. The molecule has 1 aromatic carbocycles. The molecule has 0 saturated heterocycles. The lowest BCUT2D eigenvalue weighted by molar-refractivity contribution is -0.137. The van der Waals surface area contributed by atoms with E-state index in [4.69, 9.17) is 4.74 Å². The van der Waals surface area contributed by atoms with Crippen molar-refractivity contribution in [3.63, 3.8) is 0 Å². The smallest absolute Gasteiger partial charge is 0.416 e. The summed E-state index contributed by atoms with van der Waals surface area (Å²) in [6, 6.07) is 4.19. The van der Waals surface area contributed by atoms with E-state index in [-0.39, 0.29) is 5.92 Å². The highest BCUT2D eigenvalue weighted by atomic mass is 19.4. The highest BCUT2D eigenvalue weighted by Crippen LogP contribution is 2.37. The van der Waals surface area contributed by atoms with Gasteiger partial charge < -0.3 is 10.1 Å². The van der Waals surface area contributed by atoms with Crippen molar-refractivity contribution in [3.8, 4) is 0 Å². The first-order chi connectivity index (χ1) is 12.5. The topological polar surface area (TPSA) is 67.8 Å². The molecule has 0 unspecified atom stereocenters. The molecule has 3 atom stereocenters. The van der Waals surface area contributed by atoms with Crippen LogP contribution in [0.15, 0.2) is 29.3 Å². The molecule has 0 aromatic heterocycles. The van der Waals surface area contributed by atoms with Gasteiger partial charge in [-0.25, -0.2) is 14.6 Å². The van der Waals surface area contributed by atoms with Gasteiger partial charge in [-0.2, -0.15) is 13.2 Å². The summed E-state index contributed by atoms with van der Waals surface area (Å²) >= 11 is 0. The van der Waals surface area contributed by atoms with E-state index in [1.807, 2.05) is 0 Å². The second-order valence-corrected chi connectivity index (χ2v) is 7.67. The van der Waals surface area contributed by atoms with Gasteiger partial charge in [0.2, 0.25) is 6.08 Å². The maximum absolute atomic E-state index is 12.9. The van der Waals surface area contributed by atoms with Crippen LogP contribution in [0.2, 0.25) is 0 Å². The lowest BCUT2D eigenvalue weighted by Crippen LogP contribution is -2.47. The van der Waals surface area contributed by atoms with Gasteiger partial charge in [0.1, 0.15) is 5.60 Å². The largest absolute Gasteiger partial charge is 0.444 e. The number of alkyl halides is 3. The first-order valence-electron chi connectivity index (χ1n) is 8.73. The summed E-state index contributed by atoms with van der Waals surface area (Å²) in [6.07, 6.45) is -2.15. The molecular formula is C19H23F3N2O3. The maximum Gasteiger partial charge on any atom is 0.416 e. The molecule has 1 aliphatic rings. The van der Waals surface area contributed by atoms with Crippen LogP contribution in [-0.4, -0.2) is 29.9 Å². The molecule has 27 heavy (non-hydrogen) atoms. The Balaban J connectivity index is 2.12. The molecule has 148 valence electrons. The third kappa shape index (κ3) is 6.10. The molecule has 2 rings (SSSR count). The number of hydrogen-bond donors (Lipinski definition) is 1. The van der Waals surface area contributed by atoms with Crippen molar-refractivity contribution in [2.75, 3.05) is 0 Å². The van der Waals surface area contributed by atoms with Crippen LogP contribution in [0.25, 0.3) is 0 Å². The van der Waals surface area contributed by atoms with Crippen LogP contribution in [0, 0.1) is 0 Å². The van der Waals surface area contributed by atoms with Gasteiger partial charge in [-0.05, 0) is 57.6 Å². The fraction of sp³-hybridized carbons (Fsp3) is 0.579. The van der Waals surface area contributed by atoms with Crippen molar-refractivity contribution in [2.45, 2.75) is 69.8 Å². The molecule has 1 amide bonds. The first kappa shape index (κ1) is 21.0. The summed E-state index contributed by atoms with van der Waals surface area (Å²) in [4.78, 5) is 26.5. The van der Waals surface area contributed by atoms with Crippen LogP contribution in [-0.2, 0) is 15.7 Å². The van der Waals surface area contributed by atoms with Crippen molar-refractivity contribution in [1.82, 2.24) is 5.32 Å².